The Morgan fingerprint density at radius 2 is 1.94 bits per heavy atom. The maximum absolute atomic E-state index is 13.1. The molecule has 0 radical (unpaired) electrons. The SMILES string of the molecule is CNCCc1cccc2c(=O)n(-c3ccc(NC(=O)NSC4=CCC=C(Cl)S4)cc3)ccc12. The first-order valence-corrected chi connectivity index (χ1v) is 12.4. The first kappa shape index (κ1) is 23.5. The standard InChI is InChI=1S/C24H23ClN4O2S2/c1-26-14-12-16-4-2-5-20-19(16)13-15-29(23(20)30)18-10-8-17(9-11-18)27-24(31)28-33-22-7-3-6-21(25)32-22/h2,4-11,13,15,26H,3,12,14H2,1H3,(H2,27,28,31). The van der Waals surface area contributed by atoms with Gasteiger partial charge >= 0.3 is 6.03 Å². The molecule has 2 heterocycles. The van der Waals surface area contributed by atoms with Gasteiger partial charge in [0.15, 0.2) is 0 Å². The number of benzene rings is 2. The molecule has 1 aliphatic heterocycles. The van der Waals surface area contributed by atoms with Gasteiger partial charge < -0.3 is 10.6 Å². The molecule has 2 aromatic carbocycles. The Kier molecular flexibility index (Phi) is 7.82. The van der Waals surface area contributed by atoms with Crippen molar-refractivity contribution in [2.75, 3.05) is 18.9 Å². The topological polar surface area (TPSA) is 75.2 Å². The molecule has 0 saturated carbocycles. The number of nitrogens with one attached hydrogen (secondary N) is 3. The zero-order valence-corrected chi connectivity index (χ0v) is 20.3. The van der Waals surface area contributed by atoms with Gasteiger partial charge in [-0.05, 0) is 85.7 Å². The van der Waals surface area contributed by atoms with E-state index in [2.05, 4.69) is 21.4 Å². The minimum Gasteiger partial charge on any atom is -0.319 e. The molecule has 2 amide bonds. The van der Waals surface area contributed by atoms with Crippen LogP contribution in [0, 0.1) is 0 Å². The molecule has 0 aliphatic carbocycles. The van der Waals surface area contributed by atoms with Gasteiger partial charge in [0, 0.05) is 23.0 Å². The van der Waals surface area contributed by atoms with Crippen molar-refractivity contribution in [2.45, 2.75) is 12.8 Å². The van der Waals surface area contributed by atoms with Crippen LogP contribution in [-0.4, -0.2) is 24.2 Å². The van der Waals surface area contributed by atoms with E-state index in [0.29, 0.717) is 15.4 Å². The highest BCUT2D eigenvalue weighted by Crippen LogP contribution is 2.38. The van der Waals surface area contributed by atoms with Crippen LogP contribution in [0.25, 0.3) is 16.5 Å². The van der Waals surface area contributed by atoms with Gasteiger partial charge in [0.25, 0.3) is 5.56 Å². The summed E-state index contributed by atoms with van der Waals surface area (Å²) in [6, 6.07) is 14.7. The van der Waals surface area contributed by atoms with Crippen LogP contribution >= 0.6 is 35.3 Å². The van der Waals surface area contributed by atoms with E-state index in [0.717, 1.165) is 40.3 Å². The molecule has 6 nitrogen and oxygen atoms in total. The molecular weight excluding hydrogens is 476 g/mol. The fourth-order valence-electron chi connectivity index (χ4n) is 3.47. The number of aromatic nitrogens is 1. The summed E-state index contributed by atoms with van der Waals surface area (Å²) in [4.78, 5) is 25.3. The molecule has 170 valence electrons. The number of amides is 2. The van der Waals surface area contributed by atoms with Gasteiger partial charge in [-0.1, -0.05) is 47.6 Å². The van der Waals surface area contributed by atoms with Crippen molar-refractivity contribution in [3.8, 4) is 5.69 Å². The Morgan fingerprint density at radius 3 is 2.70 bits per heavy atom. The lowest BCUT2D eigenvalue weighted by atomic mass is 10.0. The zero-order valence-electron chi connectivity index (χ0n) is 17.9. The van der Waals surface area contributed by atoms with Crippen LogP contribution in [0.2, 0.25) is 0 Å². The number of carbonyl (C=O) groups excluding carboxylic acids is 1. The van der Waals surface area contributed by atoms with Crippen LogP contribution in [0.1, 0.15) is 12.0 Å². The van der Waals surface area contributed by atoms with E-state index in [4.69, 9.17) is 11.6 Å². The minimum atomic E-state index is -0.336. The predicted octanol–water partition coefficient (Wildman–Crippen LogP) is 5.58. The van der Waals surface area contributed by atoms with Gasteiger partial charge in [0.2, 0.25) is 0 Å². The van der Waals surface area contributed by atoms with Crippen LogP contribution in [0.5, 0.6) is 0 Å². The lowest BCUT2D eigenvalue weighted by molar-refractivity contribution is 0.257. The smallest absolute Gasteiger partial charge is 0.319 e. The van der Waals surface area contributed by atoms with Gasteiger partial charge in [-0.15, -0.1) is 0 Å². The maximum atomic E-state index is 13.1. The molecule has 0 unspecified atom stereocenters. The number of carbonyl (C=O) groups is 1. The number of thioether (sulfide) groups is 1. The van der Waals surface area contributed by atoms with Crippen molar-refractivity contribution in [1.29, 1.82) is 0 Å². The molecule has 4 rings (SSSR count). The van der Waals surface area contributed by atoms with Crippen LogP contribution in [-0.2, 0) is 6.42 Å². The average molecular weight is 499 g/mol. The fourth-order valence-corrected chi connectivity index (χ4v) is 5.48. The number of allylic oxidation sites excluding steroid dienone is 2. The molecule has 0 fully saturated rings. The lowest BCUT2D eigenvalue weighted by Gasteiger charge is -2.12. The van der Waals surface area contributed by atoms with Gasteiger partial charge in [-0.2, -0.15) is 0 Å². The number of pyridine rings is 1. The molecular formula is C24H23ClN4O2S2. The third kappa shape index (κ3) is 5.83. The molecule has 0 saturated heterocycles. The van der Waals surface area contributed by atoms with E-state index in [-0.39, 0.29) is 11.6 Å². The molecule has 3 aromatic rings. The quantitative estimate of drug-likeness (QED) is 0.371. The number of halogens is 1. The lowest BCUT2D eigenvalue weighted by Crippen LogP contribution is -2.23. The van der Waals surface area contributed by atoms with Gasteiger partial charge in [0.1, 0.15) is 0 Å². The molecule has 1 aliphatic rings. The van der Waals surface area contributed by atoms with E-state index >= 15 is 0 Å². The molecule has 33 heavy (non-hydrogen) atoms. The second kappa shape index (κ2) is 11.0. The Hall–Kier alpha value is -2.65. The molecule has 0 bridgehead atoms. The molecule has 3 N–H and O–H groups in total. The highest BCUT2D eigenvalue weighted by Gasteiger charge is 2.11. The number of hydrogen-bond donors (Lipinski definition) is 3. The third-order valence-electron chi connectivity index (χ3n) is 5.09. The van der Waals surface area contributed by atoms with Crippen LogP contribution < -0.4 is 20.9 Å². The van der Waals surface area contributed by atoms with Crippen molar-refractivity contribution < 1.29 is 4.79 Å². The maximum Gasteiger partial charge on any atom is 0.329 e. The van der Waals surface area contributed by atoms with Crippen molar-refractivity contribution in [1.82, 2.24) is 14.6 Å². The average Bonchev–Trinajstić information content (AvgIpc) is 2.82. The number of nitrogens with zero attached hydrogens (tertiary/aromatic N) is 1. The molecule has 9 heteroatoms. The summed E-state index contributed by atoms with van der Waals surface area (Å²) in [5.41, 5.74) is 2.44. The normalized spacial score (nSPS) is 13.4. The Labute approximate surface area is 205 Å². The van der Waals surface area contributed by atoms with Crippen LogP contribution in [0.4, 0.5) is 10.5 Å². The summed E-state index contributed by atoms with van der Waals surface area (Å²) >= 11 is 8.65. The number of hydrogen-bond acceptors (Lipinski definition) is 5. The third-order valence-corrected chi connectivity index (χ3v) is 7.36. The highest BCUT2D eigenvalue weighted by atomic mass is 35.5. The molecule has 0 atom stereocenters. The van der Waals surface area contributed by atoms with Crippen molar-refractivity contribution in [2.24, 2.45) is 0 Å². The summed E-state index contributed by atoms with van der Waals surface area (Å²) in [6.07, 6.45) is 7.33. The van der Waals surface area contributed by atoms with Gasteiger partial charge in [-0.3, -0.25) is 14.1 Å². The Morgan fingerprint density at radius 1 is 1.12 bits per heavy atom. The summed E-state index contributed by atoms with van der Waals surface area (Å²) < 4.78 is 6.00. The van der Waals surface area contributed by atoms with E-state index < -0.39 is 0 Å². The number of anilines is 1. The van der Waals surface area contributed by atoms with Gasteiger partial charge in [-0.25, -0.2) is 4.79 Å². The van der Waals surface area contributed by atoms with Crippen LogP contribution in [0.15, 0.2) is 80.3 Å². The summed E-state index contributed by atoms with van der Waals surface area (Å²) in [5.74, 6) is 0. The summed E-state index contributed by atoms with van der Waals surface area (Å²) in [5, 5.41) is 7.61. The van der Waals surface area contributed by atoms with E-state index in [1.54, 1.807) is 22.9 Å². The molecule has 0 spiro atoms. The first-order chi connectivity index (χ1) is 16.0. The van der Waals surface area contributed by atoms with Crippen LogP contribution in [0.3, 0.4) is 0 Å². The first-order valence-electron chi connectivity index (χ1n) is 10.4. The summed E-state index contributed by atoms with van der Waals surface area (Å²) in [6.45, 7) is 0.851. The van der Waals surface area contributed by atoms with Crippen molar-refractivity contribution in [3.05, 3.63) is 91.4 Å². The van der Waals surface area contributed by atoms with E-state index in [1.165, 1.54) is 23.7 Å². The number of urea groups is 1. The van der Waals surface area contributed by atoms with Gasteiger partial charge in [0.05, 0.1) is 8.60 Å². The second-order valence-corrected chi connectivity index (χ2v) is 10.1. The Bertz CT molecular complexity index is 1290. The van der Waals surface area contributed by atoms with Crippen molar-refractivity contribution in [3.63, 3.8) is 0 Å². The predicted molar refractivity (Wildman–Crippen MR) is 141 cm³/mol. The number of rotatable bonds is 7. The number of fused-ring (bicyclic) bond motifs is 1. The van der Waals surface area contributed by atoms with E-state index in [9.17, 15) is 9.59 Å². The van der Waals surface area contributed by atoms with E-state index in [1.807, 2.05) is 49.5 Å². The second-order valence-electron chi connectivity index (χ2n) is 7.30. The monoisotopic (exact) mass is 498 g/mol. The zero-order chi connectivity index (χ0) is 23.2. The number of likely N-dealkylation sites (N-methyl/N-ethyl adjacent to an activating group) is 1. The Balaban J connectivity index is 1.44. The largest absolute Gasteiger partial charge is 0.329 e. The molecule has 1 aromatic heterocycles. The summed E-state index contributed by atoms with van der Waals surface area (Å²) in [7, 11) is 1.92. The minimum absolute atomic E-state index is 0.0698. The fraction of sp³-hybridized carbons (Fsp3) is 0.167. The highest BCUT2D eigenvalue weighted by molar-refractivity contribution is 8.24. The van der Waals surface area contributed by atoms with Crippen molar-refractivity contribution >= 4 is 57.8 Å².